The number of carbonyl (C=O) groups is 3. The zero-order valence-electron chi connectivity index (χ0n) is 20.5. The van der Waals surface area contributed by atoms with Gasteiger partial charge in [-0.05, 0) is 70.9 Å². The van der Waals surface area contributed by atoms with E-state index in [0.717, 1.165) is 35.3 Å². The highest BCUT2D eigenvalue weighted by Gasteiger charge is 2.35. The molecule has 0 bridgehead atoms. The van der Waals surface area contributed by atoms with Gasteiger partial charge in [0.2, 0.25) is 0 Å². The van der Waals surface area contributed by atoms with Crippen molar-refractivity contribution in [3.8, 4) is 0 Å². The van der Waals surface area contributed by atoms with E-state index in [9.17, 15) is 23.2 Å². The SMILES string of the molecule is O=C(c1ccc(/C=C2\SC(=O)N(Cc3cccc(F)c3)C2=O)cc1)N1CCN(Cc2ccc(F)cc2)CC1. The molecule has 2 heterocycles. The minimum absolute atomic E-state index is 0.00433. The Bertz CT molecular complexity index is 1380. The van der Waals surface area contributed by atoms with Crippen LogP contribution in [0.2, 0.25) is 0 Å². The van der Waals surface area contributed by atoms with Crippen molar-refractivity contribution in [2.75, 3.05) is 26.2 Å². The fourth-order valence-electron chi connectivity index (χ4n) is 4.47. The molecule has 2 aliphatic heterocycles. The Morgan fingerprint density at radius 3 is 2.21 bits per heavy atom. The molecule has 3 aromatic rings. The van der Waals surface area contributed by atoms with Crippen molar-refractivity contribution in [2.24, 2.45) is 0 Å². The smallest absolute Gasteiger partial charge is 0.293 e. The summed E-state index contributed by atoms with van der Waals surface area (Å²) in [7, 11) is 0. The average Bonchev–Trinajstić information content (AvgIpc) is 3.18. The molecule has 3 amide bonds. The molecule has 5 rings (SSSR count). The van der Waals surface area contributed by atoms with Gasteiger partial charge in [0.05, 0.1) is 11.4 Å². The fourth-order valence-corrected chi connectivity index (χ4v) is 5.31. The molecule has 194 valence electrons. The van der Waals surface area contributed by atoms with Gasteiger partial charge in [0, 0.05) is 38.3 Å². The van der Waals surface area contributed by atoms with E-state index in [1.165, 1.54) is 30.3 Å². The van der Waals surface area contributed by atoms with Crippen LogP contribution in [0, 0.1) is 11.6 Å². The molecule has 0 N–H and O–H groups in total. The van der Waals surface area contributed by atoms with Gasteiger partial charge in [-0.2, -0.15) is 0 Å². The van der Waals surface area contributed by atoms with Crippen LogP contribution in [0.25, 0.3) is 6.08 Å². The maximum absolute atomic E-state index is 13.5. The first kappa shape index (κ1) is 25.8. The first-order chi connectivity index (χ1) is 18.4. The molecule has 0 spiro atoms. The Balaban J connectivity index is 1.17. The Morgan fingerprint density at radius 1 is 0.816 bits per heavy atom. The van der Waals surface area contributed by atoms with E-state index >= 15 is 0 Å². The topological polar surface area (TPSA) is 60.9 Å². The van der Waals surface area contributed by atoms with Crippen LogP contribution >= 0.6 is 11.8 Å². The molecular formula is C29H25F2N3O3S. The minimum Gasteiger partial charge on any atom is -0.336 e. The first-order valence-corrected chi connectivity index (χ1v) is 13.0. The average molecular weight is 534 g/mol. The van der Waals surface area contributed by atoms with Crippen molar-refractivity contribution in [1.29, 1.82) is 0 Å². The molecule has 9 heteroatoms. The third-order valence-corrected chi connectivity index (χ3v) is 7.45. The summed E-state index contributed by atoms with van der Waals surface area (Å²) < 4.78 is 26.6. The molecule has 0 aromatic heterocycles. The Morgan fingerprint density at radius 2 is 1.53 bits per heavy atom. The van der Waals surface area contributed by atoms with Crippen LogP contribution in [0.3, 0.4) is 0 Å². The molecule has 2 saturated heterocycles. The number of piperazine rings is 1. The van der Waals surface area contributed by atoms with Crippen molar-refractivity contribution in [1.82, 2.24) is 14.7 Å². The number of halogens is 2. The second-order valence-electron chi connectivity index (χ2n) is 9.21. The molecule has 6 nitrogen and oxygen atoms in total. The van der Waals surface area contributed by atoms with Crippen molar-refractivity contribution < 1.29 is 23.2 Å². The van der Waals surface area contributed by atoms with Gasteiger partial charge < -0.3 is 4.90 Å². The maximum Gasteiger partial charge on any atom is 0.293 e. The number of benzene rings is 3. The van der Waals surface area contributed by atoms with E-state index in [1.807, 2.05) is 4.90 Å². The van der Waals surface area contributed by atoms with E-state index in [0.29, 0.717) is 36.3 Å². The number of rotatable bonds is 6. The molecule has 38 heavy (non-hydrogen) atoms. The molecule has 0 aliphatic carbocycles. The highest BCUT2D eigenvalue weighted by molar-refractivity contribution is 8.18. The summed E-state index contributed by atoms with van der Waals surface area (Å²) in [5.74, 6) is -1.17. The van der Waals surface area contributed by atoms with Gasteiger partial charge in [-0.25, -0.2) is 8.78 Å². The predicted molar refractivity (Wildman–Crippen MR) is 142 cm³/mol. The Hall–Kier alpha value is -3.82. The summed E-state index contributed by atoms with van der Waals surface area (Å²) in [6, 6.07) is 19.2. The van der Waals surface area contributed by atoms with Gasteiger partial charge in [-0.3, -0.25) is 24.2 Å². The molecule has 0 atom stereocenters. The summed E-state index contributed by atoms with van der Waals surface area (Å²) in [6.45, 7) is 3.37. The van der Waals surface area contributed by atoms with Crippen molar-refractivity contribution in [3.05, 3.63) is 112 Å². The molecule has 2 aliphatic rings. The number of hydrogen-bond donors (Lipinski definition) is 0. The van der Waals surface area contributed by atoms with E-state index in [4.69, 9.17) is 0 Å². The third kappa shape index (κ3) is 6.00. The van der Waals surface area contributed by atoms with Gasteiger partial charge >= 0.3 is 0 Å². The summed E-state index contributed by atoms with van der Waals surface area (Å²) in [5, 5.41) is -0.407. The maximum atomic E-state index is 13.5. The van der Waals surface area contributed by atoms with Crippen LogP contribution in [-0.4, -0.2) is 57.9 Å². The number of hydrogen-bond acceptors (Lipinski definition) is 5. The standard InChI is InChI=1S/C29H25F2N3O3S/c30-24-10-6-21(7-11-24)18-32-12-14-33(15-13-32)27(35)23-8-4-20(5-9-23)17-26-28(36)34(29(37)38-26)19-22-2-1-3-25(31)16-22/h1-11,16-17H,12-15,18-19H2/b26-17-. The Kier molecular flexibility index (Phi) is 7.67. The van der Waals surface area contributed by atoms with Gasteiger partial charge in [-0.1, -0.05) is 36.4 Å². The van der Waals surface area contributed by atoms with Crippen molar-refractivity contribution >= 4 is 34.9 Å². The summed E-state index contributed by atoms with van der Waals surface area (Å²) in [4.78, 5) is 43.6. The van der Waals surface area contributed by atoms with Gasteiger partial charge in [0.25, 0.3) is 17.1 Å². The van der Waals surface area contributed by atoms with E-state index in [-0.39, 0.29) is 23.2 Å². The summed E-state index contributed by atoms with van der Waals surface area (Å²) >= 11 is 0.841. The van der Waals surface area contributed by atoms with E-state index in [1.54, 1.807) is 48.5 Å². The highest BCUT2D eigenvalue weighted by Crippen LogP contribution is 2.33. The summed E-state index contributed by atoms with van der Waals surface area (Å²) in [6.07, 6.45) is 1.62. The molecule has 3 aromatic carbocycles. The number of amides is 3. The van der Waals surface area contributed by atoms with Crippen LogP contribution in [0.1, 0.15) is 27.0 Å². The van der Waals surface area contributed by atoms with Gasteiger partial charge in [0.15, 0.2) is 0 Å². The number of carbonyl (C=O) groups excluding carboxylic acids is 3. The van der Waals surface area contributed by atoms with Gasteiger partial charge in [-0.15, -0.1) is 0 Å². The van der Waals surface area contributed by atoms with Crippen molar-refractivity contribution in [2.45, 2.75) is 13.1 Å². The second-order valence-corrected chi connectivity index (χ2v) is 10.2. The second kappa shape index (κ2) is 11.3. The largest absolute Gasteiger partial charge is 0.336 e. The summed E-state index contributed by atoms with van der Waals surface area (Å²) in [5.41, 5.74) is 2.82. The third-order valence-electron chi connectivity index (χ3n) is 6.54. The van der Waals surface area contributed by atoms with E-state index in [2.05, 4.69) is 4.90 Å². The molecule has 0 saturated carbocycles. The fraction of sp³-hybridized carbons (Fsp3) is 0.207. The monoisotopic (exact) mass is 533 g/mol. The normalized spacial score (nSPS) is 17.5. The van der Waals surface area contributed by atoms with Crippen LogP contribution in [0.5, 0.6) is 0 Å². The molecule has 0 unspecified atom stereocenters. The molecule has 0 radical (unpaired) electrons. The zero-order chi connectivity index (χ0) is 26.6. The quantitative estimate of drug-likeness (QED) is 0.410. The van der Waals surface area contributed by atoms with Gasteiger partial charge in [0.1, 0.15) is 11.6 Å². The lowest BCUT2D eigenvalue weighted by Crippen LogP contribution is -2.48. The van der Waals surface area contributed by atoms with E-state index < -0.39 is 17.0 Å². The number of nitrogens with zero attached hydrogens (tertiary/aromatic N) is 3. The van der Waals surface area contributed by atoms with Crippen LogP contribution < -0.4 is 0 Å². The van der Waals surface area contributed by atoms with Crippen LogP contribution in [0.15, 0.2) is 77.7 Å². The molecule has 2 fully saturated rings. The Labute approximate surface area is 223 Å². The first-order valence-electron chi connectivity index (χ1n) is 12.2. The lowest BCUT2D eigenvalue weighted by Gasteiger charge is -2.34. The predicted octanol–water partition coefficient (Wildman–Crippen LogP) is 5.16. The van der Waals surface area contributed by atoms with Crippen molar-refractivity contribution in [3.63, 3.8) is 0 Å². The van der Waals surface area contributed by atoms with Crippen LogP contribution in [0.4, 0.5) is 13.6 Å². The number of imide groups is 1. The lowest BCUT2D eigenvalue weighted by molar-refractivity contribution is -0.123. The zero-order valence-corrected chi connectivity index (χ0v) is 21.3. The minimum atomic E-state index is -0.428. The van der Waals surface area contributed by atoms with Crippen LogP contribution in [-0.2, 0) is 17.9 Å². The lowest BCUT2D eigenvalue weighted by atomic mass is 10.1. The highest BCUT2D eigenvalue weighted by atomic mass is 32.2. The number of thioether (sulfide) groups is 1. The molecular weight excluding hydrogens is 508 g/mol.